The lowest BCUT2D eigenvalue weighted by Crippen LogP contribution is -1.94. The summed E-state index contributed by atoms with van der Waals surface area (Å²) in [5, 5.41) is 8.69. The van der Waals surface area contributed by atoms with Crippen molar-refractivity contribution in [1.82, 2.24) is 29.3 Å². The van der Waals surface area contributed by atoms with Crippen LogP contribution in [0.5, 0.6) is 0 Å². The third-order valence-corrected chi connectivity index (χ3v) is 3.51. The summed E-state index contributed by atoms with van der Waals surface area (Å²) in [5.74, 6) is 0.794. The van der Waals surface area contributed by atoms with Gasteiger partial charge in [-0.3, -0.25) is 4.57 Å². The smallest absolute Gasteiger partial charge is 0.140 e. The van der Waals surface area contributed by atoms with Gasteiger partial charge in [-0.05, 0) is 29.8 Å². The van der Waals surface area contributed by atoms with Crippen molar-refractivity contribution in [1.29, 1.82) is 0 Å². The van der Waals surface area contributed by atoms with Crippen LogP contribution < -0.4 is 0 Å². The van der Waals surface area contributed by atoms with Crippen molar-refractivity contribution in [3.05, 3.63) is 55.5 Å². The van der Waals surface area contributed by atoms with Crippen LogP contribution in [0.25, 0.3) is 28.0 Å². The molecule has 4 aromatic heterocycles. The van der Waals surface area contributed by atoms with Crippen molar-refractivity contribution < 1.29 is 0 Å². The highest BCUT2D eigenvalue weighted by Crippen LogP contribution is 2.27. The van der Waals surface area contributed by atoms with Crippen molar-refractivity contribution in [2.45, 2.75) is 0 Å². The molecule has 0 saturated carbocycles. The fraction of sp³-hybridized carbons (Fsp3) is 0.0667. The Bertz CT molecular complexity index is 890. The van der Waals surface area contributed by atoms with E-state index < -0.39 is 0 Å². The molecule has 0 bridgehead atoms. The maximum Gasteiger partial charge on any atom is 0.140 e. The van der Waals surface area contributed by atoms with Crippen LogP contribution in [-0.4, -0.2) is 29.3 Å². The van der Waals surface area contributed by atoms with E-state index in [1.807, 2.05) is 48.4 Å². The molecule has 4 rings (SSSR count). The van der Waals surface area contributed by atoms with Crippen LogP contribution in [0.15, 0.2) is 55.5 Å². The number of hydrogen-bond acceptors (Lipinski definition) is 4. The Kier molecular flexibility index (Phi) is 2.53. The van der Waals surface area contributed by atoms with E-state index in [1.54, 1.807) is 17.2 Å². The molecule has 0 saturated heterocycles. The van der Waals surface area contributed by atoms with Gasteiger partial charge in [-0.1, -0.05) is 0 Å². The first-order valence-corrected chi connectivity index (χ1v) is 6.54. The Balaban J connectivity index is 1.82. The van der Waals surface area contributed by atoms with Gasteiger partial charge in [0.25, 0.3) is 0 Å². The lowest BCUT2D eigenvalue weighted by atomic mass is 10.1. The summed E-state index contributed by atoms with van der Waals surface area (Å²) >= 11 is 0. The molecule has 0 aliphatic heterocycles. The van der Waals surface area contributed by atoms with E-state index in [2.05, 4.69) is 26.2 Å². The highest BCUT2D eigenvalue weighted by molar-refractivity contribution is 5.93. The zero-order chi connectivity index (χ0) is 14.2. The highest BCUT2D eigenvalue weighted by Gasteiger charge is 2.08. The minimum atomic E-state index is 0.794. The predicted molar refractivity (Wildman–Crippen MR) is 78.9 cm³/mol. The van der Waals surface area contributed by atoms with Crippen molar-refractivity contribution >= 4 is 11.0 Å². The normalized spacial score (nSPS) is 11.1. The Morgan fingerprint density at radius 2 is 1.81 bits per heavy atom. The zero-order valence-corrected chi connectivity index (χ0v) is 11.4. The summed E-state index contributed by atoms with van der Waals surface area (Å²) in [4.78, 5) is 8.87. The minimum absolute atomic E-state index is 0.794. The Hall–Kier alpha value is -3.02. The molecule has 0 aromatic carbocycles. The molecule has 0 spiro atoms. The molecule has 0 unspecified atom stereocenters. The van der Waals surface area contributed by atoms with E-state index in [0.29, 0.717) is 0 Å². The van der Waals surface area contributed by atoms with Crippen LogP contribution in [0, 0.1) is 0 Å². The lowest BCUT2D eigenvalue weighted by molar-refractivity contribution is 0.948. The van der Waals surface area contributed by atoms with E-state index in [0.717, 1.165) is 28.0 Å². The topological polar surface area (TPSA) is 61.4 Å². The highest BCUT2D eigenvalue weighted by atomic mass is 15.2. The first kappa shape index (κ1) is 11.8. The Labute approximate surface area is 120 Å². The summed E-state index contributed by atoms with van der Waals surface area (Å²) < 4.78 is 3.78. The summed E-state index contributed by atoms with van der Waals surface area (Å²) in [7, 11) is 1.99. The standard InChI is InChI=1S/C15H12N6/c1-20-7-5-13-12(4-6-16-15(13)20)11-2-3-14(17-8-11)21-9-18-19-10-21/h2-10H,1H3. The van der Waals surface area contributed by atoms with Crippen molar-refractivity contribution in [3.63, 3.8) is 0 Å². The maximum absolute atomic E-state index is 4.47. The first-order valence-electron chi connectivity index (χ1n) is 6.54. The van der Waals surface area contributed by atoms with Gasteiger partial charge in [0.05, 0.1) is 0 Å². The van der Waals surface area contributed by atoms with Gasteiger partial charge in [-0.25, -0.2) is 9.97 Å². The summed E-state index contributed by atoms with van der Waals surface area (Å²) in [6.45, 7) is 0. The van der Waals surface area contributed by atoms with E-state index >= 15 is 0 Å². The van der Waals surface area contributed by atoms with Gasteiger partial charge < -0.3 is 4.57 Å². The van der Waals surface area contributed by atoms with Crippen LogP contribution in [-0.2, 0) is 7.05 Å². The molecule has 21 heavy (non-hydrogen) atoms. The average Bonchev–Trinajstić information content (AvgIpc) is 3.18. The molecule has 0 amide bonds. The summed E-state index contributed by atoms with van der Waals surface area (Å²) in [6.07, 6.45) is 8.95. The third kappa shape index (κ3) is 1.88. The van der Waals surface area contributed by atoms with Crippen LogP contribution in [0.1, 0.15) is 0 Å². The van der Waals surface area contributed by atoms with Crippen molar-refractivity contribution in [2.24, 2.45) is 7.05 Å². The van der Waals surface area contributed by atoms with Gasteiger partial charge in [0.1, 0.15) is 24.1 Å². The molecule has 0 atom stereocenters. The van der Waals surface area contributed by atoms with Crippen LogP contribution in [0.4, 0.5) is 0 Å². The number of aromatic nitrogens is 6. The predicted octanol–water partition coefficient (Wildman–Crippen LogP) is 2.22. The average molecular weight is 276 g/mol. The second-order valence-electron chi connectivity index (χ2n) is 4.80. The summed E-state index contributed by atoms with van der Waals surface area (Å²) in [5.41, 5.74) is 3.16. The zero-order valence-electron chi connectivity index (χ0n) is 11.4. The number of pyridine rings is 2. The monoisotopic (exact) mass is 276 g/mol. The first-order chi connectivity index (χ1) is 10.3. The molecule has 4 aromatic rings. The van der Waals surface area contributed by atoms with Crippen LogP contribution in [0.2, 0.25) is 0 Å². The van der Waals surface area contributed by atoms with Gasteiger partial charge in [0.15, 0.2) is 0 Å². The SMILES string of the molecule is Cn1ccc2c(-c3ccc(-n4cnnc4)nc3)ccnc21. The molecule has 102 valence electrons. The van der Waals surface area contributed by atoms with Crippen LogP contribution in [0.3, 0.4) is 0 Å². The third-order valence-electron chi connectivity index (χ3n) is 3.51. The van der Waals surface area contributed by atoms with E-state index in [1.165, 1.54) is 0 Å². The molecule has 0 aliphatic rings. The fourth-order valence-corrected chi connectivity index (χ4v) is 2.43. The number of hydrogen-bond donors (Lipinski definition) is 0. The van der Waals surface area contributed by atoms with E-state index in [4.69, 9.17) is 0 Å². The molecule has 0 fully saturated rings. The van der Waals surface area contributed by atoms with E-state index in [-0.39, 0.29) is 0 Å². The summed E-state index contributed by atoms with van der Waals surface area (Å²) in [6, 6.07) is 8.08. The molecule has 0 radical (unpaired) electrons. The number of nitrogens with zero attached hydrogens (tertiary/aromatic N) is 6. The maximum atomic E-state index is 4.47. The van der Waals surface area contributed by atoms with Crippen LogP contribution >= 0.6 is 0 Å². The molecule has 6 nitrogen and oxygen atoms in total. The van der Waals surface area contributed by atoms with Crippen molar-refractivity contribution in [3.8, 4) is 16.9 Å². The second kappa shape index (κ2) is 4.52. The molecular formula is C15H12N6. The second-order valence-corrected chi connectivity index (χ2v) is 4.80. The Morgan fingerprint density at radius 1 is 0.952 bits per heavy atom. The largest absolute Gasteiger partial charge is 0.336 e. The number of aryl methyl sites for hydroxylation is 1. The number of fused-ring (bicyclic) bond motifs is 1. The molecule has 4 heterocycles. The van der Waals surface area contributed by atoms with Crippen molar-refractivity contribution in [2.75, 3.05) is 0 Å². The van der Waals surface area contributed by atoms with E-state index in [9.17, 15) is 0 Å². The minimum Gasteiger partial charge on any atom is -0.336 e. The molecule has 0 N–H and O–H groups in total. The lowest BCUT2D eigenvalue weighted by Gasteiger charge is -2.05. The molecule has 0 aliphatic carbocycles. The number of rotatable bonds is 2. The van der Waals surface area contributed by atoms with Gasteiger partial charge in [0, 0.05) is 36.6 Å². The fourth-order valence-electron chi connectivity index (χ4n) is 2.43. The van der Waals surface area contributed by atoms with Gasteiger partial charge in [0.2, 0.25) is 0 Å². The van der Waals surface area contributed by atoms with Gasteiger partial charge >= 0.3 is 0 Å². The van der Waals surface area contributed by atoms with Gasteiger partial charge in [-0.15, -0.1) is 10.2 Å². The quantitative estimate of drug-likeness (QED) is 0.563. The molecule has 6 heteroatoms. The van der Waals surface area contributed by atoms with Gasteiger partial charge in [-0.2, -0.15) is 0 Å². The molecular weight excluding hydrogens is 264 g/mol. The Morgan fingerprint density at radius 3 is 2.57 bits per heavy atom.